The van der Waals surface area contributed by atoms with E-state index >= 15 is 0 Å². The molecule has 7 nitrogen and oxygen atoms in total. The topological polar surface area (TPSA) is 74.9 Å². The zero-order valence-electron chi connectivity index (χ0n) is 21.1. The summed E-state index contributed by atoms with van der Waals surface area (Å²) in [5.41, 5.74) is 0.417. The standard InChI is InChI=1S/C30H19ClF3N3O4/c31-23-12-18(8-10-25(23)39-16-19-9-11-26-27(13-19)41-17-40-26)15-35-37-28(20-4-3-5-21(14-20)30(32,33)34)36-24-7-2-1-6-22(24)29(37)38/h1-15H,16-17H2. The van der Waals surface area contributed by atoms with Crippen LogP contribution in [0.2, 0.25) is 5.02 Å². The highest BCUT2D eigenvalue weighted by molar-refractivity contribution is 6.32. The number of hydrogen-bond donors (Lipinski definition) is 0. The Hall–Kier alpha value is -4.83. The third-order valence-corrected chi connectivity index (χ3v) is 6.61. The van der Waals surface area contributed by atoms with E-state index in [2.05, 4.69) is 10.1 Å². The fraction of sp³-hybridized carbons (Fsp3) is 0.100. The molecule has 1 aliphatic heterocycles. The van der Waals surface area contributed by atoms with Crippen LogP contribution in [0.4, 0.5) is 13.2 Å². The number of alkyl halides is 3. The summed E-state index contributed by atoms with van der Waals surface area (Å²) in [6, 6.07) is 21.6. The van der Waals surface area contributed by atoms with Crippen molar-refractivity contribution in [2.45, 2.75) is 12.8 Å². The van der Waals surface area contributed by atoms with Crippen molar-refractivity contribution in [3.63, 3.8) is 0 Å². The maximum absolute atomic E-state index is 13.4. The molecule has 0 N–H and O–H groups in total. The summed E-state index contributed by atoms with van der Waals surface area (Å²) < 4.78 is 57.8. The van der Waals surface area contributed by atoms with Crippen molar-refractivity contribution in [3.8, 4) is 28.6 Å². The van der Waals surface area contributed by atoms with Gasteiger partial charge in [-0.15, -0.1) is 0 Å². The predicted molar refractivity (Wildman–Crippen MR) is 148 cm³/mol. The Kier molecular flexibility index (Phi) is 6.84. The average Bonchev–Trinajstić information content (AvgIpc) is 3.44. The number of halogens is 4. The molecule has 0 bridgehead atoms. The van der Waals surface area contributed by atoms with Crippen LogP contribution in [0.15, 0.2) is 94.8 Å². The van der Waals surface area contributed by atoms with Crippen LogP contribution >= 0.6 is 11.6 Å². The molecule has 5 aromatic rings. The minimum Gasteiger partial charge on any atom is -0.487 e. The second-order valence-electron chi connectivity index (χ2n) is 9.06. The molecule has 0 saturated heterocycles. The predicted octanol–water partition coefficient (Wildman–Crippen LogP) is 6.93. The van der Waals surface area contributed by atoms with Crippen molar-refractivity contribution < 1.29 is 27.4 Å². The molecular formula is C30H19ClF3N3O4. The number of ether oxygens (including phenoxy) is 3. The van der Waals surface area contributed by atoms with Crippen LogP contribution in [-0.4, -0.2) is 22.7 Å². The number of fused-ring (bicyclic) bond motifs is 2. The summed E-state index contributed by atoms with van der Waals surface area (Å²) in [6.45, 7) is 0.416. The molecule has 41 heavy (non-hydrogen) atoms. The van der Waals surface area contributed by atoms with Gasteiger partial charge in [0, 0.05) is 5.56 Å². The molecule has 11 heteroatoms. The van der Waals surface area contributed by atoms with Crippen molar-refractivity contribution in [3.05, 3.63) is 117 Å². The van der Waals surface area contributed by atoms with Crippen LogP contribution in [0.3, 0.4) is 0 Å². The number of nitrogens with zero attached hydrogens (tertiary/aromatic N) is 3. The Balaban J connectivity index is 1.30. The van der Waals surface area contributed by atoms with Gasteiger partial charge in [-0.3, -0.25) is 4.79 Å². The first-order chi connectivity index (χ1) is 19.8. The summed E-state index contributed by atoms with van der Waals surface area (Å²) in [7, 11) is 0. The number of rotatable bonds is 6. The maximum atomic E-state index is 13.4. The van der Waals surface area contributed by atoms with Gasteiger partial charge in [0.05, 0.1) is 27.7 Å². The quantitative estimate of drug-likeness (QED) is 0.205. The van der Waals surface area contributed by atoms with Gasteiger partial charge in [0.1, 0.15) is 12.4 Å². The molecule has 0 saturated carbocycles. The second kappa shape index (κ2) is 10.6. The highest BCUT2D eigenvalue weighted by Gasteiger charge is 2.31. The third kappa shape index (κ3) is 5.46. The Morgan fingerprint density at radius 3 is 2.63 bits per heavy atom. The van der Waals surface area contributed by atoms with Gasteiger partial charge in [0.2, 0.25) is 6.79 Å². The lowest BCUT2D eigenvalue weighted by molar-refractivity contribution is -0.137. The number of aromatic nitrogens is 2. The number of hydrogen-bond acceptors (Lipinski definition) is 6. The Labute approximate surface area is 236 Å². The molecule has 0 fully saturated rings. The molecule has 0 aliphatic carbocycles. The first-order valence-electron chi connectivity index (χ1n) is 12.3. The van der Waals surface area contributed by atoms with Gasteiger partial charge in [-0.25, -0.2) is 4.98 Å². The van der Waals surface area contributed by atoms with Gasteiger partial charge >= 0.3 is 6.18 Å². The zero-order chi connectivity index (χ0) is 28.6. The average molecular weight is 578 g/mol. The van der Waals surface area contributed by atoms with Crippen molar-refractivity contribution >= 4 is 28.7 Å². The van der Waals surface area contributed by atoms with E-state index in [0.29, 0.717) is 33.4 Å². The van der Waals surface area contributed by atoms with E-state index in [-0.39, 0.29) is 30.2 Å². The van der Waals surface area contributed by atoms with Gasteiger partial charge in [-0.05, 0) is 65.7 Å². The zero-order valence-corrected chi connectivity index (χ0v) is 21.8. The molecule has 0 unspecified atom stereocenters. The number of para-hydroxylation sites is 1. The molecule has 0 amide bonds. The molecule has 0 radical (unpaired) electrons. The Morgan fingerprint density at radius 2 is 1.80 bits per heavy atom. The van der Waals surface area contributed by atoms with Crippen LogP contribution in [0.25, 0.3) is 22.3 Å². The van der Waals surface area contributed by atoms with Gasteiger partial charge in [0.25, 0.3) is 5.56 Å². The fourth-order valence-corrected chi connectivity index (χ4v) is 4.53. The van der Waals surface area contributed by atoms with Crippen LogP contribution in [-0.2, 0) is 12.8 Å². The number of benzene rings is 4. The molecule has 1 aromatic heterocycles. The molecule has 2 heterocycles. The molecule has 206 valence electrons. The lowest BCUT2D eigenvalue weighted by atomic mass is 10.1. The van der Waals surface area contributed by atoms with Gasteiger partial charge in [-0.2, -0.15) is 22.9 Å². The normalized spacial score (nSPS) is 12.8. The largest absolute Gasteiger partial charge is 0.487 e. The van der Waals surface area contributed by atoms with E-state index in [9.17, 15) is 18.0 Å². The molecule has 4 aromatic carbocycles. The van der Waals surface area contributed by atoms with Crippen LogP contribution < -0.4 is 19.8 Å². The van der Waals surface area contributed by atoms with E-state index in [4.69, 9.17) is 25.8 Å². The van der Waals surface area contributed by atoms with Crippen LogP contribution in [0.5, 0.6) is 17.2 Å². The van der Waals surface area contributed by atoms with Gasteiger partial charge in [0.15, 0.2) is 17.3 Å². The monoisotopic (exact) mass is 577 g/mol. The fourth-order valence-electron chi connectivity index (χ4n) is 4.28. The lowest BCUT2D eigenvalue weighted by Crippen LogP contribution is -2.20. The minimum absolute atomic E-state index is 0.0363. The summed E-state index contributed by atoms with van der Waals surface area (Å²) in [5.74, 6) is 1.71. The van der Waals surface area contributed by atoms with E-state index in [0.717, 1.165) is 22.4 Å². The highest BCUT2D eigenvalue weighted by Crippen LogP contribution is 2.34. The van der Waals surface area contributed by atoms with Crippen molar-refractivity contribution in [2.24, 2.45) is 5.10 Å². The summed E-state index contributed by atoms with van der Waals surface area (Å²) in [5, 5.41) is 4.87. The Morgan fingerprint density at radius 1 is 0.976 bits per heavy atom. The SMILES string of the molecule is O=c1c2ccccc2nc(-c2cccc(C(F)(F)F)c2)n1N=Cc1ccc(OCc2ccc3c(c2)OCO3)c(Cl)c1. The van der Waals surface area contributed by atoms with Crippen molar-refractivity contribution in [1.82, 2.24) is 9.66 Å². The second-order valence-corrected chi connectivity index (χ2v) is 9.47. The Bertz CT molecular complexity index is 1870. The van der Waals surface area contributed by atoms with E-state index < -0.39 is 17.3 Å². The van der Waals surface area contributed by atoms with Crippen LogP contribution in [0.1, 0.15) is 16.7 Å². The molecule has 0 atom stereocenters. The first-order valence-corrected chi connectivity index (χ1v) is 12.7. The smallest absolute Gasteiger partial charge is 0.416 e. The van der Waals surface area contributed by atoms with E-state index in [1.807, 2.05) is 12.1 Å². The molecule has 1 aliphatic rings. The first kappa shape index (κ1) is 26.4. The molecule has 6 rings (SSSR count). The summed E-state index contributed by atoms with van der Waals surface area (Å²) >= 11 is 6.45. The third-order valence-electron chi connectivity index (χ3n) is 6.31. The summed E-state index contributed by atoms with van der Waals surface area (Å²) in [4.78, 5) is 17.8. The van der Waals surface area contributed by atoms with E-state index in [1.165, 1.54) is 18.3 Å². The lowest BCUT2D eigenvalue weighted by Gasteiger charge is -2.12. The summed E-state index contributed by atoms with van der Waals surface area (Å²) in [6.07, 6.45) is -3.19. The van der Waals surface area contributed by atoms with Crippen LogP contribution in [0, 0.1) is 0 Å². The van der Waals surface area contributed by atoms with E-state index in [1.54, 1.807) is 48.5 Å². The van der Waals surface area contributed by atoms with Gasteiger partial charge < -0.3 is 14.2 Å². The van der Waals surface area contributed by atoms with Crippen molar-refractivity contribution in [1.29, 1.82) is 0 Å². The molecular weight excluding hydrogens is 559 g/mol. The van der Waals surface area contributed by atoms with Gasteiger partial charge in [-0.1, -0.05) is 41.9 Å². The maximum Gasteiger partial charge on any atom is 0.416 e. The van der Waals surface area contributed by atoms with Crippen molar-refractivity contribution in [2.75, 3.05) is 6.79 Å². The molecule has 0 spiro atoms. The minimum atomic E-state index is -4.56. The highest BCUT2D eigenvalue weighted by atomic mass is 35.5.